The molecule has 0 aliphatic carbocycles. The number of benzene rings is 2. The molecular formula is C23H24ClN5O3S. The summed E-state index contributed by atoms with van der Waals surface area (Å²) in [5, 5.41) is 15.1. The number of thioether (sulfide) groups is 1. The normalized spacial score (nSPS) is 10.5. The number of nitrogens with zero attached hydrogens (tertiary/aromatic N) is 3. The third-order valence-electron chi connectivity index (χ3n) is 4.40. The molecule has 1 heterocycles. The Hall–Kier alpha value is -3.30. The van der Waals surface area contributed by atoms with E-state index >= 15 is 0 Å². The van der Waals surface area contributed by atoms with E-state index in [1.165, 1.54) is 11.8 Å². The molecule has 33 heavy (non-hydrogen) atoms. The van der Waals surface area contributed by atoms with Crippen molar-refractivity contribution in [2.45, 2.75) is 25.2 Å². The van der Waals surface area contributed by atoms with E-state index in [9.17, 15) is 9.59 Å². The molecule has 1 aromatic heterocycles. The molecular weight excluding hydrogens is 462 g/mol. The zero-order valence-corrected chi connectivity index (χ0v) is 19.7. The lowest BCUT2D eigenvalue weighted by atomic mass is 10.2. The Kier molecular flexibility index (Phi) is 8.91. The van der Waals surface area contributed by atoms with Crippen molar-refractivity contribution in [1.82, 2.24) is 20.1 Å². The molecule has 0 radical (unpaired) electrons. The van der Waals surface area contributed by atoms with Crippen LogP contribution in [0.15, 0.2) is 66.3 Å². The Morgan fingerprint density at radius 3 is 2.55 bits per heavy atom. The third-order valence-corrected chi connectivity index (χ3v) is 5.62. The first-order chi connectivity index (χ1) is 16.0. The molecule has 0 atom stereocenters. The molecule has 172 valence electrons. The number of nitrogens with one attached hydrogen (secondary N) is 2. The van der Waals surface area contributed by atoms with Crippen LogP contribution >= 0.6 is 23.4 Å². The SMILES string of the molecule is C=CCn1c(CNC(=O)c2ccc(Cl)cc2)nnc1SCC(=O)Nc1ccc(OCC)cc1. The van der Waals surface area contributed by atoms with Gasteiger partial charge >= 0.3 is 0 Å². The summed E-state index contributed by atoms with van der Waals surface area (Å²) in [5.41, 5.74) is 1.18. The summed E-state index contributed by atoms with van der Waals surface area (Å²) in [4.78, 5) is 24.7. The van der Waals surface area contributed by atoms with E-state index in [0.29, 0.717) is 40.4 Å². The number of rotatable bonds is 11. The molecule has 0 fully saturated rings. The molecule has 0 aliphatic heterocycles. The number of hydrogen-bond acceptors (Lipinski definition) is 6. The molecule has 2 aromatic carbocycles. The average Bonchev–Trinajstić information content (AvgIpc) is 3.20. The van der Waals surface area contributed by atoms with Gasteiger partial charge in [0.15, 0.2) is 11.0 Å². The summed E-state index contributed by atoms with van der Waals surface area (Å²) in [5.74, 6) is 1.04. The third kappa shape index (κ3) is 7.10. The van der Waals surface area contributed by atoms with Crippen LogP contribution in [-0.2, 0) is 17.9 Å². The second-order valence-corrected chi connectivity index (χ2v) is 8.16. The molecule has 2 amide bonds. The van der Waals surface area contributed by atoms with Crippen molar-refractivity contribution in [2.24, 2.45) is 0 Å². The van der Waals surface area contributed by atoms with Crippen molar-refractivity contribution in [3.05, 3.63) is 77.6 Å². The highest BCUT2D eigenvalue weighted by Gasteiger charge is 2.15. The Morgan fingerprint density at radius 1 is 1.15 bits per heavy atom. The molecule has 8 nitrogen and oxygen atoms in total. The summed E-state index contributed by atoms with van der Waals surface area (Å²) >= 11 is 7.12. The highest BCUT2D eigenvalue weighted by molar-refractivity contribution is 7.99. The molecule has 0 spiro atoms. The van der Waals surface area contributed by atoms with E-state index < -0.39 is 0 Å². The molecule has 3 rings (SSSR count). The number of aromatic nitrogens is 3. The van der Waals surface area contributed by atoms with Gasteiger partial charge < -0.3 is 19.9 Å². The van der Waals surface area contributed by atoms with E-state index in [1.54, 1.807) is 54.6 Å². The second kappa shape index (κ2) is 12.1. The molecule has 0 bridgehead atoms. The Bertz CT molecular complexity index is 1100. The fourth-order valence-electron chi connectivity index (χ4n) is 2.86. The lowest BCUT2D eigenvalue weighted by molar-refractivity contribution is -0.113. The van der Waals surface area contributed by atoms with Gasteiger partial charge in [0.05, 0.1) is 18.9 Å². The van der Waals surface area contributed by atoms with E-state index in [2.05, 4.69) is 27.4 Å². The monoisotopic (exact) mass is 485 g/mol. The number of anilines is 1. The van der Waals surface area contributed by atoms with Gasteiger partial charge in [0.2, 0.25) is 5.91 Å². The predicted molar refractivity (Wildman–Crippen MR) is 130 cm³/mol. The highest BCUT2D eigenvalue weighted by atomic mass is 35.5. The van der Waals surface area contributed by atoms with Gasteiger partial charge in [0.25, 0.3) is 5.91 Å². The number of halogens is 1. The molecule has 3 aromatic rings. The van der Waals surface area contributed by atoms with Crippen molar-refractivity contribution in [2.75, 3.05) is 17.7 Å². The van der Waals surface area contributed by atoms with Crippen LogP contribution in [0.1, 0.15) is 23.1 Å². The minimum atomic E-state index is -0.247. The molecule has 2 N–H and O–H groups in total. The fraction of sp³-hybridized carbons (Fsp3) is 0.217. The van der Waals surface area contributed by atoms with Crippen LogP contribution < -0.4 is 15.4 Å². The maximum atomic E-state index is 12.4. The van der Waals surface area contributed by atoms with E-state index in [1.807, 2.05) is 11.5 Å². The van der Waals surface area contributed by atoms with Crippen LogP contribution in [0.25, 0.3) is 0 Å². The maximum Gasteiger partial charge on any atom is 0.251 e. The van der Waals surface area contributed by atoms with Crippen LogP contribution in [0.3, 0.4) is 0 Å². The standard InChI is InChI=1S/C23H24ClN5O3S/c1-3-13-29-20(14-25-22(31)16-5-7-17(24)8-6-16)27-28-23(29)33-15-21(30)26-18-9-11-19(12-10-18)32-4-2/h3,5-12H,1,4,13-15H2,2H3,(H,25,31)(H,26,30). The summed E-state index contributed by atoms with van der Waals surface area (Å²) in [6.45, 7) is 6.89. The number of hydrogen-bond donors (Lipinski definition) is 2. The van der Waals surface area contributed by atoms with E-state index in [0.717, 1.165) is 5.75 Å². The first kappa shape index (κ1) is 24.3. The zero-order chi connectivity index (χ0) is 23.6. The average molecular weight is 486 g/mol. The summed E-state index contributed by atoms with van der Waals surface area (Å²) < 4.78 is 7.21. The summed E-state index contributed by atoms with van der Waals surface area (Å²) in [6, 6.07) is 13.8. The van der Waals surface area contributed by atoms with E-state index in [4.69, 9.17) is 16.3 Å². The van der Waals surface area contributed by atoms with Gasteiger partial charge in [-0.1, -0.05) is 29.4 Å². The van der Waals surface area contributed by atoms with Crippen LogP contribution in [0.4, 0.5) is 5.69 Å². The van der Waals surface area contributed by atoms with Gasteiger partial charge in [-0.15, -0.1) is 16.8 Å². The van der Waals surface area contributed by atoms with Gasteiger partial charge in [-0.05, 0) is 55.5 Å². The Labute approximate surface area is 201 Å². The molecule has 10 heteroatoms. The lowest BCUT2D eigenvalue weighted by Gasteiger charge is -2.09. The topological polar surface area (TPSA) is 98.1 Å². The van der Waals surface area contributed by atoms with E-state index in [-0.39, 0.29) is 24.1 Å². The van der Waals surface area contributed by atoms with Gasteiger partial charge in [0.1, 0.15) is 5.75 Å². The minimum Gasteiger partial charge on any atom is -0.494 e. The number of amides is 2. The van der Waals surface area contributed by atoms with Gasteiger partial charge in [-0.25, -0.2) is 0 Å². The number of ether oxygens (including phenoxy) is 1. The second-order valence-electron chi connectivity index (χ2n) is 6.78. The number of carbonyl (C=O) groups is 2. The highest BCUT2D eigenvalue weighted by Crippen LogP contribution is 2.19. The maximum absolute atomic E-state index is 12.4. The van der Waals surface area contributed by atoms with Crippen molar-refractivity contribution >= 4 is 40.9 Å². The van der Waals surface area contributed by atoms with Crippen LogP contribution in [0.2, 0.25) is 5.02 Å². The first-order valence-electron chi connectivity index (χ1n) is 10.2. The van der Waals surface area contributed by atoms with Crippen molar-refractivity contribution in [3.8, 4) is 5.75 Å². The smallest absolute Gasteiger partial charge is 0.251 e. The predicted octanol–water partition coefficient (Wildman–Crippen LogP) is 4.18. The minimum absolute atomic E-state index is 0.152. The molecule has 0 aliphatic rings. The van der Waals surface area contributed by atoms with Crippen molar-refractivity contribution in [1.29, 1.82) is 0 Å². The first-order valence-corrected chi connectivity index (χ1v) is 11.6. The van der Waals surface area contributed by atoms with Gasteiger partial charge in [0, 0.05) is 22.8 Å². The Balaban J connectivity index is 1.56. The fourth-order valence-corrected chi connectivity index (χ4v) is 3.75. The quantitative estimate of drug-likeness (QED) is 0.312. The van der Waals surface area contributed by atoms with Crippen molar-refractivity contribution < 1.29 is 14.3 Å². The van der Waals surface area contributed by atoms with Crippen LogP contribution in [0.5, 0.6) is 5.75 Å². The lowest BCUT2D eigenvalue weighted by Crippen LogP contribution is -2.24. The van der Waals surface area contributed by atoms with Crippen LogP contribution in [-0.4, -0.2) is 38.9 Å². The summed E-state index contributed by atoms with van der Waals surface area (Å²) in [7, 11) is 0. The van der Waals surface area contributed by atoms with Gasteiger partial charge in [-0.2, -0.15) is 0 Å². The van der Waals surface area contributed by atoms with Gasteiger partial charge in [-0.3, -0.25) is 9.59 Å². The molecule has 0 unspecified atom stereocenters. The molecule has 0 saturated heterocycles. The Morgan fingerprint density at radius 2 is 1.88 bits per heavy atom. The molecule has 0 saturated carbocycles. The van der Waals surface area contributed by atoms with Crippen LogP contribution in [0, 0.1) is 0 Å². The zero-order valence-electron chi connectivity index (χ0n) is 18.1. The summed E-state index contributed by atoms with van der Waals surface area (Å²) in [6.07, 6.45) is 1.71. The number of carbonyl (C=O) groups excluding carboxylic acids is 2. The van der Waals surface area contributed by atoms with Crippen molar-refractivity contribution in [3.63, 3.8) is 0 Å². The largest absolute Gasteiger partial charge is 0.494 e. The number of allylic oxidation sites excluding steroid dienone is 1.